The molecule has 2 rings (SSSR count). The molecule has 3 heteroatoms. The molecular formula is C12H16FNO. The lowest BCUT2D eigenvalue weighted by molar-refractivity contribution is 0.120. The zero-order valence-corrected chi connectivity index (χ0v) is 8.92. The van der Waals surface area contributed by atoms with Gasteiger partial charge < -0.3 is 10.1 Å². The van der Waals surface area contributed by atoms with Crippen LogP contribution in [0.3, 0.4) is 0 Å². The van der Waals surface area contributed by atoms with Crippen LogP contribution in [-0.2, 0) is 4.74 Å². The van der Waals surface area contributed by atoms with E-state index >= 15 is 0 Å². The third-order valence-corrected chi connectivity index (χ3v) is 2.75. The first-order chi connectivity index (χ1) is 7.27. The molecule has 1 heterocycles. The summed E-state index contributed by atoms with van der Waals surface area (Å²) in [7, 11) is 0. The van der Waals surface area contributed by atoms with E-state index in [1.807, 2.05) is 13.0 Å². The fraction of sp³-hybridized carbons (Fsp3) is 0.500. The van der Waals surface area contributed by atoms with Gasteiger partial charge in [0.2, 0.25) is 0 Å². The summed E-state index contributed by atoms with van der Waals surface area (Å²) in [6, 6.07) is 5.10. The lowest BCUT2D eigenvalue weighted by atomic mass is 10.2. The van der Waals surface area contributed by atoms with Crippen LogP contribution in [0.2, 0.25) is 0 Å². The van der Waals surface area contributed by atoms with Crippen molar-refractivity contribution in [3.05, 3.63) is 29.6 Å². The molecule has 1 saturated heterocycles. The van der Waals surface area contributed by atoms with E-state index in [0.717, 1.165) is 25.0 Å². The summed E-state index contributed by atoms with van der Waals surface area (Å²) in [6.07, 6.45) is 2.42. The molecule has 0 saturated carbocycles. The number of halogens is 1. The highest BCUT2D eigenvalue weighted by molar-refractivity contribution is 5.51. The second-order valence-corrected chi connectivity index (χ2v) is 3.95. The number of para-hydroxylation sites is 1. The van der Waals surface area contributed by atoms with Gasteiger partial charge in [0.1, 0.15) is 5.82 Å². The van der Waals surface area contributed by atoms with Crippen LogP contribution >= 0.6 is 0 Å². The first kappa shape index (κ1) is 10.4. The number of hydrogen-bond donors (Lipinski definition) is 1. The quantitative estimate of drug-likeness (QED) is 0.826. The minimum Gasteiger partial charge on any atom is -0.380 e. The van der Waals surface area contributed by atoms with Crippen LogP contribution in [0.1, 0.15) is 18.4 Å². The highest BCUT2D eigenvalue weighted by atomic mass is 19.1. The Bertz CT molecular complexity index is 314. The second-order valence-electron chi connectivity index (χ2n) is 3.95. The van der Waals surface area contributed by atoms with Crippen molar-refractivity contribution >= 4 is 5.69 Å². The Morgan fingerprint density at radius 3 is 3.07 bits per heavy atom. The lowest BCUT2D eigenvalue weighted by Gasteiger charge is -2.14. The van der Waals surface area contributed by atoms with E-state index in [-0.39, 0.29) is 11.9 Å². The fourth-order valence-electron chi connectivity index (χ4n) is 1.88. The Hall–Kier alpha value is -1.09. The minimum absolute atomic E-state index is 0.187. The topological polar surface area (TPSA) is 21.3 Å². The Balaban J connectivity index is 1.97. The smallest absolute Gasteiger partial charge is 0.146 e. The average Bonchev–Trinajstić information content (AvgIpc) is 2.70. The van der Waals surface area contributed by atoms with Gasteiger partial charge in [0.25, 0.3) is 0 Å². The van der Waals surface area contributed by atoms with Crippen LogP contribution in [0.5, 0.6) is 0 Å². The van der Waals surface area contributed by atoms with Gasteiger partial charge in [-0.2, -0.15) is 0 Å². The largest absolute Gasteiger partial charge is 0.380 e. The Morgan fingerprint density at radius 1 is 1.53 bits per heavy atom. The highest BCUT2D eigenvalue weighted by Gasteiger charge is 2.15. The van der Waals surface area contributed by atoms with Crippen LogP contribution in [0.15, 0.2) is 18.2 Å². The predicted molar refractivity (Wildman–Crippen MR) is 58.6 cm³/mol. The number of hydrogen-bond acceptors (Lipinski definition) is 2. The van der Waals surface area contributed by atoms with E-state index in [0.29, 0.717) is 12.2 Å². The molecule has 0 aliphatic carbocycles. The second kappa shape index (κ2) is 4.62. The maximum absolute atomic E-state index is 13.4. The molecule has 1 N–H and O–H groups in total. The molecule has 1 fully saturated rings. The third-order valence-electron chi connectivity index (χ3n) is 2.75. The first-order valence-corrected chi connectivity index (χ1v) is 5.38. The fourth-order valence-corrected chi connectivity index (χ4v) is 1.88. The van der Waals surface area contributed by atoms with Crippen LogP contribution in [0.4, 0.5) is 10.1 Å². The van der Waals surface area contributed by atoms with E-state index in [4.69, 9.17) is 4.74 Å². The van der Waals surface area contributed by atoms with Crippen LogP contribution in [0, 0.1) is 12.7 Å². The molecule has 1 unspecified atom stereocenters. The van der Waals surface area contributed by atoms with Crippen molar-refractivity contribution < 1.29 is 9.13 Å². The van der Waals surface area contributed by atoms with E-state index in [9.17, 15) is 4.39 Å². The summed E-state index contributed by atoms with van der Waals surface area (Å²) in [5, 5.41) is 3.12. The Kier molecular flexibility index (Phi) is 3.21. The molecule has 0 bridgehead atoms. The number of aryl methyl sites for hydroxylation is 1. The van der Waals surface area contributed by atoms with Gasteiger partial charge in [-0.25, -0.2) is 4.39 Å². The van der Waals surface area contributed by atoms with Crippen LogP contribution < -0.4 is 5.32 Å². The predicted octanol–water partition coefficient (Wildman–Crippen LogP) is 2.73. The molecule has 0 spiro atoms. The maximum Gasteiger partial charge on any atom is 0.146 e. The molecule has 0 aromatic heterocycles. The first-order valence-electron chi connectivity index (χ1n) is 5.38. The van der Waals surface area contributed by atoms with Crippen molar-refractivity contribution in [1.82, 2.24) is 0 Å². The number of rotatable bonds is 3. The maximum atomic E-state index is 13.4. The van der Waals surface area contributed by atoms with Gasteiger partial charge in [0.15, 0.2) is 0 Å². The average molecular weight is 209 g/mol. The zero-order chi connectivity index (χ0) is 10.7. The van der Waals surface area contributed by atoms with Gasteiger partial charge in [0.05, 0.1) is 11.8 Å². The zero-order valence-electron chi connectivity index (χ0n) is 8.92. The van der Waals surface area contributed by atoms with E-state index < -0.39 is 0 Å². The minimum atomic E-state index is -0.187. The van der Waals surface area contributed by atoms with Crippen molar-refractivity contribution in [1.29, 1.82) is 0 Å². The SMILES string of the molecule is Cc1cccc(F)c1NCC1CCCO1. The number of ether oxygens (including phenoxy) is 1. The van der Waals surface area contributed by atoms with Crippen molar-refractivity contribution in [2.24, 2.45) is 0 Å². The summed E-state index contributed by atoms with van der Waals surface area (Å²) in [5.41, 5.74) is 1.54. The summed E-state index contributed by atoms with van der Waals surface area (Å²) in [6.45, 7) is 3.44. The third kappa shape index (κ3) is 2.48. The van der Waals surface area contributed by atoms with Gasteiger partial charge in [-0.05, 0) is 31.4 Å². The summed E-state index contributed by atoms with van der Waals surface area (Å²) in [4.78, 5) is 0. The Labute approximate surface area is 89.4 Å². The van der Waals surface area contributed by atoms with Crippen molar-refractivity contribution in [2.75, 3.05) is 18.5 Å². The normalized spacial score (nSPS) is 20.5. The molecule has 1 atom stereocenters. The van der Waals surface area contributed by atoms with Crippen LogP contribution in [0.25, 0.3) is 0 Å². The molecule has 82 valence electrons. The molecule has 1 aliphatic heterocycles. The van der Waals surface area contributed by atoms with Crippen molar-refractivity contribution in [3.63, 3.8) is 0 Å². The summed E-state index contributed by atoms with van der Waals surface area (Å²) in [5.74, 6) is -0.187. The van der Waals surface area contributed by atoms with Gasteiger partial charge in [-0.3, -0.25) is 0 Å². The molecular weight excluding hydrogens is 193 g/mol. The molecule has 1 aliphatic rings. The number of anilines is 1. The molecule has 2 nitrogen and oxygen atoms in total. The van der Waals surface area contributed by atoms with Gasteiger partial charge >= 0.3 is 0 Å². The van der Waals surface area contributed by atoms with E-state index in [1.165, 1.54) is 6.07 Å². The molecule has 1 aromatic carbocycles. The van der Waals surface area contributed by atoms with E-state index in [1.54, 1.807) is 6.07 Å². The Morgan fingerprint density at radius 2 is 2.40 bits per heavy atom. The van der Waals surface area contributed by atoms with Crippen LogP contribution in [-0.4, -0.2) is 19.3 Å². The van der Waals surface area contributed by atoms with Gasteiger partial charge in [-0.15, -0.1) is 0 Å². The monoisotopic (exact) mass is 209 g/mol. The summed E-state index contributed by atoms with van der Waals surface area (Å²) >= 11 is 0. The van der Waals surface area contributed by atoms with Gasteiger partial charge in [-0.1, -0.05) is 12.1 Å². The highest BCUT2D eigenvalue weighted by Crippen LogP contribution is 2.20. The lowest BCUT2D eigenvalue weighted by Crippen LogP contribution is -2.19. The summed E-state index contributed by atoms with van der Waals surface area (Å²) < 4.78 is 18.9. The van der Waals surface area contributed by atoms with Gasteiger partial charge in [0, 0.05) is 13.2 Å². The molecule has 1 aromatic rings. The molecule has 0 radical (unpaired) electrons. The van der Waals surface area contributed by atoms with Crippen molar-refractivity contribution in [2.45, 2.75) is 25.9 Å². The number of benzene rings is 1. The molecule has 15 heavy (non-hydrogen) atoms. The van der Waals surface area contributed by atoms with Crippen molar-refractivity contribution in [3.8, 4) is 0 Å². The standard InChI is InChI=1S/C12H16FNO/c1-9-4-2-6-11(13)12(9)14-8-10-5-3-7-15-10/h2,4,6,10,14H,3,5,7-8H2,1H3. The number of nitrogens with one attached hydrogen (secondary N) is 1. The van der Waals surface area contributed by atoms with E-state index in [2.05, 4.69) is 5.32 Å². The molecule has 0 amide bonds.